The van der Waals surface area contributed by atoms with Crippen LogP contribution in [0.4, 0.5) is 5.69 Å². The molecule has 4 nitrogen and oxygen atoms in total. The minimum absolute atomic E-state index is 0.315. The molecule has 2 aromatic rings. The summed E-state index contributed by atoms with van der Waals surface area (Å²) in [6, 6.07) is 6.62. The zero-order valence-electron chi connectivity index (χ0n) is 12.3. The van der Waals surface area contributed by atoms with E-state index in [4.69, 9.17) is 9.15 Å². The van der Waals surface area contributed by atoms with E-state index in [9.17, 15) is 0 Å². The van der Waals surface area contributed by atoms with E-state index in [1.807, 2.05) is 6.07 Å². The van der Waals surface area contributed by atoms with Crippen LogP contribution in [-0.4, -0.2) is 23.7 Å². The van der Waals surface area contributed by atoms with E-state index in [2.05, 4.69) is 43.2 Å². The molecule has 3 rings (SSSR count). The molecule has 1 aliphatic heterocycles. The lowest BCUT2D eigenvalue weighted by atomic mass is 10.0. The van der Waals surface area contributed by atoms with Crippen LogP contribution in [-0.2, 0) is 4.74 Å². The van der Waals surface area contributed by atoms with Crippen LogP contribution in [0.3, 0.4) is 0 Å². The Balaban J connectivity index is 1.78. The van der Waals surface area contributed by atoms with Gasteiger partial charge in [-0.1, -0.05) is 13.8 Å². The predicted molar refractivity (Wildman–Crippen MR) is 80.2 cm³/mol. The van der Waals surface area contributed by atoms with Gasteiger partial charge in [-0.25, -0.2) is 4.98 Å². The zero-order valence-corrected chi connectivity index (χ0v) is 12.3. The van der Waals surface area contributed by atoms with Gasteiger partial charge >= 0.3 is 0 Å². The Morgan fingerprint density at radius 2 is 2.20 bits per heavy atom. The van der Waals surface area contributed by atoms with Crippen molar-refractivity contribution in [2.24, 2.45) is 0 Å². The Labute approximate surface area is 119 Å². The van der Waals surface area contributed by atoms with Gasteiger partial charge in [-0.15, -0.1) is 0 Å². The molecule has 1 aliphatic rings. The van der Waals surface area contributed by atoms with Crippen molar-refractivity contribution >= 4 is 16.8 Å². The lowest BCUT2D eigenvalue weighted by Gasteiger charge is -2.28. The van der Waals surface area contributed by atoms with E-state index >= 15 is 0 Å². The highest BCUT2D eigenvalue weighted by molar-refractivity contribution is 5.77. The Morgan fingerprint density at radius 1 is 1.35 bits per heavy atom. The number of anilines is 1. The van der Waals surface area contributed by atoms with Gasteiger partial charge < -0.3 is 14.5 Å². The third kappa shape index (κ3) is 2.80. The van der Waals surface area contributed by atoms with Crippen LogP contribution in [0.25, 0.3) is 11.1 Å². The second-order valence-electron chi connectivity index (χ2n) is 5.94. The number of aromatic nitrogens is 1. The highest BCUT2D eigenvalue weighted by Gasteiger charge is 2.19. The topological polar surface area (TPSA) is 47.3 Å². The molecule has 0 bridgehead atoms. The molecule has 0 radical (unpaired) electrons. The van der Waals surface area contributed by atoms with Crippen molar-refractivity contribution in [2.75, 3.05) is 11.9 Å². The van der Waals surface area contributed by atoms with Crippen LogP contribution in [0.2, 0.25) is 0 Å². The van der Waals surface area contributed by atoms with E-state index in [1.54, 1.807) is 0 Å². The first-order valence-electron chi connectivity index (χ1n) is 7.40. The van der Waals surface area contributed by atoms with Gasteiger partial charge in [0.05, 0.1) is 6.10 Å². The molecule has 1 saturated heterocycles. The SMILES string of the molecule is CC1CC(Nc2ccc3oc(C(C)C)nc3c2)CCO1. The summed E-state index contributed by atoms with van der Waals surface area (Å²) in [5.41, 5.74) is 2.90. The minimum atomic E-state index is 0.315. The molecule has 1 N–H and O–H groups in total. The number of ether oxygens (including phenoxy) is 1. The lowest BCUT2D eigenvalue weighted by molar-refractivity contribution is 0.0232. The van der Waals surface area contributed by atoms with E-state index in [0.29, 0.717) is 18.1 Å². The van der Waals surface area contributed by atoms with Crippen LogP contribution in [0.1, 0.15) is 45.4 Å². The van der Waals surface area contributed by atoms with Crippen LogP contribution in [0.15, 0.2) is 22.6 Å². The molecule has 1 aromatic carbocycles. The summed E-state index contributed by atoms with van der Waals surface area (Å²) in [5.74, 6) is 1.12. The Morgan fingerprint density at radius 3 is 2.95 bits per heavy atom. The fraction of sp³-hybridized carbons (Fsp3) is 0.562. The number of fused-ring (bicyclic) bond motifs is 1. The van der Waals surface area contributed by atoms with Crippen molar-refractivity contribution in [3.8, 4) is 0 Å². The van der Waals surface area contributed by atoms with Gasteiger partial charge in [-0.3, -0.25) is 0 Å². The number of nitrogens with zero attached hydrogens (tertiary/aromatic N) is 1. The van der Waals surface area contributed by atoms with E-state index in [-0.39, 0.29) is 0 Å². The number of nitrogens with one attached hydrogen (secondary N) is 1. The molecule has 0 saturated carbocycles. The molecule has 2 atom stereocenters. The van der Waals surface area contributed by atoms with Crippen molar-refractivity contribution in [1.82, 2.24) is 4.98 Å². The van der Waals surface area contributed by atoms with E-state index < -0.39 is 0 Å². The standard InChI is InChI=1S/C16H22N2O2/c1-10(2)16-18-14-9-12(4-5-15(14)20-16)17-13-6-7-19-11(3)8-13/h4-5,9-11,13,17H,6-8H2,1-3H3. The summed E-state index contributed by atoms with van der Waals surface area (Å²) in [5, 5.41) is 3.58. The molecule has 2 unspecified atom stereocenters. The van der Waals surface area contributed by atoms with Crippen LogP contribution >= 0.6 is 0 Å². The normalized spacial score (nSPS) is 23.4. The first kappa shape index (κ1) is 13.4. The number of rotatable bonds is 3. The summed E-state index contributed by atoms with van der Waals surface area (Å²) in [7, 11) is 0. The summed E-state index contributed by atoms with van der Waals surface area (Å²) in [6.07, 6.45) is 2.44. The van der Waals surface area contributed by atoms with Gasteiger partial charge in [0, 0.05) is 24.3 Å². The summed E-state index contributed by atoms with van der Waals surface area (Å²) in [6.45, 7) is 7.15. The number of benzene rings is 1. The predicted octanol–water partition coefficient (Wildman–Crippen LogP) is 3.93. The van der Waals surface area contributed by atoms with Gasteiger partial charge in [-0.2, -0.15) is 0 Å². The molecule has 20 heavy (non-hydrogen) atoms. The highest BCUT2D eigenvalue weighted by atomic mass is 16.5. The summed E-state index contributed by atoms with van der Waals surface area (Å²) >= 11 is 0. The maximum atomic E-state index is 5.73. The van der Waals surface area contributed by atoms with Crippen LogP contribution in [0.5, 0.6) is 0 Å². The van der Waals surface area contributed by atoms with Gasteiger partial charge in [0.2, 0.25) is 0 Å². The Hall–Kier alpha value is -1.55. The third-order valence-electron chi connectivity index (χ3n) is 3.75. The van der Waals surface area contributed by atoms with Gasteiger partial charge in [-0.05, 0) is 38.0 Å². The highest BCUT2D eigenvalue weighted by Crippen LogP contribution is 2.25. The molecular formula is C16H22N2O2. The van der Waals surface area contributed by atoms with Gasteiger partial charge in [0.25, 0.3) is 0 Å². The average Bonchev–Trinajstić information content (AvgIpc) is 2.82. The molecule has 4 heteroatoms. The first-order valence-corrected chi connectivity index (χ1v) is 7.40. The van der Waals surface area contributed by atoms with Crippen molar-refractivity contribution in [2.45, 2.75) is 51.7 Å². The zero-order chi connectivity index (χ0) is 14.1. The first-order chi connectivity index (χ1) is 9.61. The van der Waals surface area contributed by atoms with Crippen molar-refractivity contribution in [1.29, 1.82) is 0 Å². The monoisotopic (exact) mass is 274 g/mol. The minimum Gasteiger partial charge on any atom is -0.440 e. The Bertz CT molecular complexity index is 591. The quantitative estimate of drug-likeness (QED) is 0.921. The number of hydrogen-bond donors (Lipinski definition) is 1. The fourth-order valence-electron chi connectivity index (χ4n) is 2.65. The van der Waals surface area contributed by atoms with Crippen molar-refractivity contribution in [3.63, 3.8) is 0 Å². The maximum Gasteiger partial charge on any atom is 0.198 e. The van der Waals surface area contributed by atoms with Gasteiger partial charge in [0.1, 0.15) is 5.52 Å². The third-order valence-corrected chi connectivity index (χ3v) is 3.75. The second-order valence-corrected chi connectivity index (χ2v) is 5.94. The molecule has 108 valence electrons. The molecule has 1 aromatic heterocycles. The van der Waals surface area contributed by atoms with E-state index in [0.717, 1.165) is 42.1 Å². The second kappa shape index (κ2) is 5.44. The maximum absolute atomic E-state index is 5.73. The van der Waals surface area contributed by atoms with Gasteiger partial charge in [0.15, 0.2) is 11.5 Å². The number of oxazole rings is 1. The van der Waals surface area contributed by atoms with Crippen molar-refractivity contribution in [3.05, 3.63) is 24.1 Å². The lowest BCUT2D eigenvalue weighted by Crippen LogP contribution is -2.32. The smallest absolute Gasteiger partial charge is 0.198 e. The number of hydrogen-bond acceptors (Lipinski definition) is 4. The molecule has 1 fully saturated rings. The molecule has 0 amide bonds. The molecule has 2 heterocycles. The fourth-order valence-corrected chi connectivity index (χ4v) is 2.65. The Kier molecular flexibility index (Phi) is 3.66. The van der Waals surface area contributed by atoms with Crippen LogP contribution in [0, 0.1) is 0 Å². The summed E-state index contributed by atoms with van der Waals surface area (Å²) in [4.78, 5) is 4.55. The van der Waals surface area contributed by atoms with Crippen molar-refractivity contribution < 1.29 is 9.15 Å². The summed E-state index contributed by atoms with van der Waals surface area (Å²) < 4.78 is 11.3. The largest absolute Gasteiger partial charge is 0.440 e. The molecule has 0 aliphatic carbocycles. The van der Waals surface area contributed by atoms with Crippen LogP contribution < -0.4 is 5.32 Å². The average molecular weight is 274 g/mol. The van der Waals surface area contributed by atoms with E-state index in [1.165, 1.54) is 0 Å². The molecular weight excluding hydrogens is 252 g/mol. The molecule has 0 spiro atoms.